The fourth-order valence-corrected chi connectivity index (χ4v) is 0.356. The quantitative estimate of drug-likeness (QED) is 0.438. The highest BCUT2D eigenvalue weighted by Gasteiger charge is 1.98. The van der Waals surface area contributed by atoms with Crippen LogP contribution < -0.4 is 0 Å². The first-order chi connectivity index (χ1) is 6.75. The lowest BCUT2D eigenvalue weighted by molar-refractivity contribution is -0.140. The molecule has 3 N–H and O–H groups in total. The van der Waals surface area contributed by atoms with Crippen molar-refractivity contribution in [1.82, 2.24) is 0 Å². The van der Waals surface area contributed by atoms with Crippen LogP contribution in [0, 0.1) is 0 Å². The van der Waals surface area contributed by atoms with E-state index in [1.165, 1.54) is 6.92 Å². The Morgan fingerprint density at radius 1 is 0.933 bits per heavy atom. The van der Waals surface area contributed by atoms with E-state index in [2.05, 4.69) is 0 Å². The molecule has 0 atom stereocenters. The molecule has 7 nitrogen and oxygen atoms in total. The van der Waals surface area contributed by atoms with Crippen molar-refractivity contribution in [3.05, 3.63) is 12.2 Å². The predicted octanol–water partition coefficient (Wildman–Crippen LogP) is -0.238. The van der Waals surface area contributed by atoms with E-state index in [9.17, 15) is 19.2 Å². The highest BCUT2D eigenvalue weighted by Crippen LogP contribution is 1.77. The Hall–Kier alpha value is -2.18. The number of aliphatic carboxylic acids is 3. The zero-order chi connectivity index (χ0) is 12.4. The van der Waals surface area contributed by atoms with Crippen molar-refractivity contribution in [2.45, 2.75) is 13.3 Å². The molecule has 0 amide bonds. The summed E-state index contributed by atoms with van der Waals surface area (Å²) in [5.74, 6) is -3.89. The molecule has 0 heterocycles. The molecule has 0 rings (SSSR count). The molecule has 0 aromatic carbocycles. The highest BCUT2D eigenvalue weighted by molar-refractivity contribution is 5.93. The maximum atomic E-state index is 9.87. The van der Waals surface area contributed by atoms with Gasteiger partial charge in [0, 0.05) is 12.2 Å². The maximum absolute atomic E-state index is 9.87. The number of hydrogen-bond donors (Lipinski definition) is 3. The van der Waals surface area contributed by atoms with Crippen LogP contribution in [0.15, 0.2) is 12.2 Å². The average molecular weight is 218 g/mol. The molecule has 84 valence electrons. The molecule has 15 heavy (non-hydrogen) atoms. The highest BCUT2D eigenvalue weighted by atomic mass is 16.4. The van der Waals surface area contributed by atoms with E-state index in [0.29, 0.717) is 12.2 Å². The van der Waals surface area contributed by atoms with Crippen molar-refractivity contribution in [2.24, 2.45) is 0 Å². The minimum atomic E-state index is -1.26. The van der Waals surface area contributed by atoms with Gasteiger partial charge in [-0.3, -0.25) is 9.59 Å². The fraction of sp³-hybridized carbons (Fsp3) is 0.250. The molecular weight excluding hydrogens is 208 g/mol. The molecule has 0 bridgehead atoms. The van der Waals surface area contributed by atoms with Gasteiger partial charge in [-0.2, -0.15) is 0 Å². The van der Waals surface area contributed by atoms with Gasteiger partial charge in [0.25, 0.3) is 0 Å². The van der Waals surface area contributed by atoms with Gasteiger partial charge < -0.3 is 15.3 Å². The zero-order valence-electron chi connectivity index (χ0n) is 7.84. The minimum Gasteiger partial charge on any atom is -0.481 e. The minimum absolute atomic E-state index is 0.312. The Kier molecular flexibility index (Phi) is 8.59. The SMILES string of the molecule is CC(=O)CC(=O)O.O=C(O)/C=C/C(=O)O. The smallest absolute Gasteiger partial charge is 0.328 e. The number of carbonyl (C=O) groups is 4. The van der Waals surface area contributed by atoms with Gasteiger partial charge in [-0.05, 0) is 6.92 Å². The zero-order valence-corrected chi connectivity index (χ0v) is 7.84. The van der Waals surface area contributed by atoms with Crippen LogP contribution in [0.2, 0.25) is 0 Å². The van der Waals surface area contributed by atoms with Gasteiger partial charge in [0.2, 0.25) is 0 Å². The van der Waals surface area contributed by atoms with Gasteiger partial charge in [-0.25, -0.2) is 9.59 Å². The van der Waals surface area contributed by atoms with Gasteiger partial charge in [-0.15, -0.1) is 0 Å². The first-order valence-corrected chi connectivity index (χ1v) is 3.61. The normalized spacial score (nSPS) is 8.87. The molecule has 0 aromatic heterocycles. The van der Waals surface area contributed by atoms with E-state index in [-0.39, 0.29) is 12.2 Å². The lowest BCUT2D eigenvalue weighted by Gasteiger charge is -1.80. The summed E-state index contributed by atoms with van der Waals surface area (Å²) in [6.45, 7) is 1.24. The monoisotopic (exact) mass is 218 g/mol. The molecule has 0 aliphatic heterocycles. The summed E-state index contributed by atoms with van der Waals surface area (Å²) in [4.78, 5) is 38.6. The second kappa shape index (κ2) is 8.42. The maximum Gasteiger partial charge on any atom is 0.328 e. The third-order valence-electron chi connectivity index (χ3n) is 0.769. The standard InChI is InChI=1S/C4H4O4.C4H6O3/c5-3(6)1-2-4(7)8;1-3(5)2-4(6)7/h1-2H,(H,5,6)(H,7,8);2H2,1H3,(H,6,7)/b2-1+;. The van der Waals surface area contributed by atoms with E-state index >= 15 is 0 Å². The Morgan fingerprint density at radius 3 is 1.33 bits per heavy atom. The van der Waals surface area contributed by atoms with Crippen LogP contribution in [0.1, 0.15) is 13.3 Å². The second-order valence-electron chi connectivity index (χ2n) is 2.28. The molecule has 0 saturated heterocycles. The number of ketones is 1. The van der Waals surface area contributed by atoms with Crippen LogP contribution in [0.25, 0.3) is 0 Å². The molecule has 0 aliphatic carbocycles. The first-order valence-electron chi connectivity index (χ1n) is 3.61. The summed E-state index contributed by atoms with van der Waals surface area (Å²) in [6, 6.07) is 0. The topological polar surface area (TPSA) is 129 Å². The van der Waals surface area contributed by atoms with Crippen LogP contribution in [0.3, 0.4) is 0 Å². The van der Waals surface area contributed by atoms with Crippen molar-refractivity contribution in [3.63, 3.8) is 0 Å². The predicted molar refractivity (Wildman–Crippen MR) is 47.3 cm³/mol. The number of Topliss-reactive ketones (excluding diaryl/α,β-unsaturated/α-hetero) is 1. The molecule has 0 saturated carbocycles. The molecule has 0 aliphatic rings. The van der Waals surface area contributed by atoms with Gasteiger partial charge in [0.15, 0.2) is 0 Å². The molecular formula is C8H10O7. The summed E-state index contributed by atoms with van der Waals surface area (Å²) < 4.78 is 0. The molecule has 0 radical (unpaired) electrons. The van der Waals surface area contributed by atoms with Gasteiger partial charge in [-0.1, -0.05) is 0 Å². The largest absolute Gasteiger partial charge is 0.481 e. The number of carboxylic acid groups (broad SMARTS) is 3. The van der Waals surface area contributed by atoms with Crippen molar-refractivity contribution >= 4 is 23.7 Å². The second-order valence-corrected chi connectivity index (χ2v) is 2.28. The third-order valence-corrected chi connectivity index (χ3v) is 0.769. The number of carboxylic acids is 3. The van der Waals surface area contributed by atoms with Crippen molar-refractivity contribution in [3.8, 4) is 0 Å². The van der Waals surface area contributed by atoms with E-state index < -0.39 is 17.9 Å². The third kappa shape index (κ3) is 24.5. The van der Waals surface area contributed by atoms with Crippen molar-refractivity contribution < 1.29 is 34.5 Å². The first kappa shape index (κ1) is 15.3. The molecule has 0 spiro atoms. The van der Waals surface area contributed by atoms with Crippen LogP contribution in [-0.4, -0.2) is 39.0 Å². The summed E-state index contributed by atoms with van der Waals surface area (Å²) in [7, 11) is 0. The number of hydrogen-bond acceptors (Lipinski definition) is 4. The summed E-state index contributed by atoms with van der Waals surface area (Å²) in [6.07, 6.45) is 0.755. The van der Waals surface area contributed by atoms with Gasteiger partial charge in [0.1, 0.15) is 12.2 Å². The van der Waals surface area contributed by atoms with Crippen molar-refractivity contribution in [2.75, 3.05) is 0 Å². The molecule has 0 aromatic rings. The molecule has 0 unspecified atom stereocenters. The van der Waals surface area contributed by atoms with Crippen LogP contribution in [-0.2, 0) is 19.2 Å². The van der Waals surface area contributed by atoms with E-state index in [1.54, 1.807) is 0 Å². The van der Waals surface area contributed by atoms with E-state index in [1.807, 2.05) is 0 Å². The van der Waals surface area contributed by atoms with Gasteiger partial charge in [0.05, 0.1) is 0 Å². The van der Waals surface area contributed by atoms with Crippen molar-refractivity contribution in [1.29, 1.82) is 0 Å². The Labute approximate surface area is 84.6 Å². The van der Waals surface area contributed by atoms with Crippen LogP contribution >= 0.6 is 0 Å². The number of rotatable bonds is 4. The average Bonchev–Trinajstić information content (AvgIpc) is 1.99. The summed E-state index contributed by atoms with van der Waals surface area (Å²) >= 11 is 0. The van der Waals surface area contributed by atoms with E-state index in [4.69, 9.17) is 15.3 Å². The lowest BCUT2D eigenvalue weighted by atomic mass is 10.3. The molecule has 7 heteroatoms. The number of carbonyl (C=O) groups excluding carboxylic acids is 1. The lowest BCUT2D eigenvalue weighted by Crippen LogP contribution is -2.00. The summed E-state index contributed by atoms with van der Waals surface area (Å²) in [5.41, 5.74) is 0. The Balaban J connectivity index is 0. The van der Waals surface area contributed by atoms with E-state index in [0.717, 1.165) is 0 Å². The van der Waals surface area contributed by atoms with Gasteiger partial charge >= 0.3 is 17.9 Å². The fourth-order valence-electron chi connectivity index (χ4n) is 0.356. The Morgan fingerprint density at radius 2 is 1.27 bits per heavy atom. The Bertz CT molecular complexity index is 261. The molecule has 0 fully saturated rings. The van der Waals surface area contributed by atoms with Crippen LogP contribution in [0.5, 0.6) is 0 Å². The van der Waals surface area contributed by atoms with Crippen LogP contribution in [0.4, 0.5) is 0 Å². The summed E-state index contributed by atoms with van der Waals surface area (Å²) in [5, 5.41) is 23.5.